The van der Waals surface area contributed by atoms with Gasteiger partial charge in [-0.3, -0.25) is 4.79 Å². The summed E-state index contributed by atoms with van der Waals surface area (Å²) in [4.78, 5) is 21.0. The van der Waals surface area contributed by atoms with Gasteiger partial charge < -0.3 is 23.8 Å². The zero-order chi connectivity index (χ0) is 20.8. The Morgan fingerprint density at radius 2 is 1.97 bits per heavy atom. The zero-order valence-corrected chi connectivity index (χ0v) is 17.2. The smallest absolute Gasteiger partial charge is 0.248 e. The van der Waals surface area contributed by atoms with Crippen LogP contribution in [0.2, 0.25) is 0 Å². The van der Waals surface area contributed by atoms with Crippen molar-refractivity contribution in [2.75, 3.05) is 39.4 Å². The molecule has 2 saturated heterocycles. The Hall–Kier alpha value is -2.45. The van der Waals surface area contributed by atoms with Gasteiger partial charge in [-0.1, -0.05) is 0 Å². The van der Waals surface area contributed by atoms with Crippen LogP contribution in [0.5, 0.6) is 5.75 Å². The monoisotopic (exact) mass is 416 g/mol. The maximum absolute atomic E-state index is 13.0. The molecule has 1 aromatic carbocycles. The fourth-order valence-corrected chi connectivity index (χ4v) is 4.17. The number of piperidine rings is 1. The van der Waals surface area contributed by atoms with Gasteiger partial charge in [0.2, 0.25) is 5.91 Å². The van der Waals surface area contributed by atoms with Crippen LogP contribution in [0.1, 0.15) is 19.3 Å². The van der Waals surface area contributed by atoms with Gasteiger partial charge >= 0.3 is 0 Å². The van der Waals surface area contributed by atoms with Crippen molar-refractivity contribution < 1.29 is 18.7 Å². The highest BCUT2D eigenvalue weighted by atomic mass is 19.1. The Morgan fingerprint density at radius 3 is 2.70 bits per heavy atom. The first-order valence-corrected chi connectivity index (χ1v) is 10.6. The summed E-state index contributed by atoms with van der Waals surface area (Å²) in [7, 11) is 0. The maximum atomic E-state index is 13.0. The summed E-state index contributed by atoms with van der Waals surface area (Å²) in [6, 6.07) is 6.21. The Balaban J connectivity index is 1.20. The Morgan fingerprint density at radius 1 is 1.17 bits per heavy atom. The summed E-state index contributed by atoms with van der Waals surface area (Å²) >= 11 is 0. The van der Waals surface area contributed by atoms with E-state index in [1.165, 1.54) is 12.1 Å². The molecule has 0 N–H and O–H groups in total. The van der Waals surface area contributed by atoms with Crippen LogP contribution in [0, 0.1) is 5.82 Å². The van der Waals surface area contributed by atoms with E-state index in [2.05, 4.69) is 14.5 Å². The molecule has 8 heteroatoms. The minimum atomic E-state index is -0.291. The summed E-state index contributed by atoms with van der Waals surface area (Å²) in [5.74, 6) is 0.375. The highest BCUT2D eigenvalue weighted by Gasteiger charge is 2.33. The van der Waals surface area contributed by atoms with Gasteiger partial charge in [-0.25, -0.2) is 9.37 Å². The fraction of sp³-hybridized carbons (Fsp3) is 0.545. The molecule has 7 nitrogen and oxygen atoms in total. The first-order chi connectivity index (χ1) is 14.7. The Kier molecular flexibility index (Phi) is 6.96. The number of imidazole rings is 1. The van der Waals surface area contributed by atoms with Gasteiger partial charge in [-0.2, -0.15) is 0 Å². The lowest BCUT2D eigenvalue weighted by Gasteiger charge is -2.42. The third-order valence-electron chi connectivity index (χ3n) is 5.86. The molecule has 2 aliphatic heterocycles. The summed E-state index contributed by atoms with van der Waals surface area (Å²) < 4.78 is 26.5. The number of aryl methyl sites for hydroxylation is 1. The number of carbonyl (C=O) groups is 1. The third-order valence-corrected chi connectivity index (χ3v) is 5.86. The number of amides is 1. The van der Waals surface area contributed by atoms with E-state index < -0.39 is 0 Å². The summed E-state index contributed by atoms with van der Waals surface area (Å²) in [5, 5.41) is 0. The predicted molar refractivity (Wildman–Crippen MR) is 110 cm³/mol. The molecule has 0 spiro atoms. The number of ether oxygens (including phenoxy) is 2. The lowest BCUT2D eigenvalue weighted by Crippen LogP contribution is -2.55. The fourth-order valence-electron chi connectivity index (χ4n) is 4.17. The second-order valence-corrected chi connectivity index (χ2v) is 7.97. The van der Waals surface area contributed by atoms with Gasteiger partial charge in [0, 0.05) is 38.1 Å². The van der Waals surface area contributed by atoms with Crippen molar-refractivity contribution in [2.45, 2.75) is 38.0 Å². The average Bonchev–Trinajstić information content (AvgIpc) is 3.28. The van der Waals surface area contributed by atoms with Gasteiger partial charge in [0.05, 0.1) is 12.9 Å². The minimum Gasteiger partial charge on any atom is -0.491 e. The number of aromatic nitrogens is 2. The second kappa shape index (κ2) is 10.0. The average molecular weight is 416 g/mol. The quantitative estimate of drug-likeness (QED) is 0.660. The molecule has 2 fully saturated rings. The molecule has 4 rings (SSSR count). The van der Waals surface area contributed by atoms with Gasteiger partial charge in [0.15, 0.2) is 0 Å². The number of nitrogens with zero attached hydrogens (tertiary/aromatic N) is 4. The van der Waals surface area contributed by atoms with Crippen LogP contribution >= 0.6 is 0 Å². The van der Waals surface area contributed by atoms with Crippen LogP contribution in [0.3, 0.4) is 0 Å². The third kappa shape index (κ3) is 5.58. The molecule has 0 unspecified atom stereocenters. The van der Waals surface area contributed by atoms with E-state index in [1.54, 1.807) is 12.1 Å². The number of benzene rings is 1. The number of rotatable bonds is 8. The molecule has 30 heavy (non-hydrogen) atoms. The highest BCUT2D eigenvalue weighted by Crippen LogP contribution is 2.21. The molecule has 0 aliphatic carbocycles. The maximum Gasteiger partial charge on any atom is 0.248 e. The van der Waals surface area contributed by atoms with Gasteiger partial charge in [0.1, 0.15) is 30.9 Å². The number of morpholine rings is 1. The lowest BCUT2D eigenvalue weighted by atomic mass is 10.0. The lowest BCUT2D eigenvalue weighted by molar-refractivity contribution is -0.155. The van der Waals surface area contributed by atoms with E-state index in [0.29, 0.717) is 18.9 Å². The SMILES string of the molecule is O=C1CO[C@H](COc2ccc(F)cc2)CN1C1CCN(CCCn2ccnc2)CC1. The molecule has 2 aromatic rings. The van der Waals surface area contributed by atoms with Gasteiger partial charge in [-0.15, -0.1) is 0 Å². The topological polar surface area (TPSA) is 59.8 Å². The molecular weight excluding hydrogens is 387 g/mol. The normalized spacial score (nSPS) is 21.2. The van der Waals surface area contributed by atoms with Gasteiger partial charge in [0.25, 0.3) is 0 Å². The summed E-state index contributed by atoms with van der Waals surface area (Å²) in [6.45, 7) is 5.07. The van der Waals surface area contributed by atoms with E-state index >= 15 is 0 Å². The highest BCUT2D eigenvalue weighted by molar-refractivity contribution is 5.78. The van der Waals surface area contributed by atoms with E-state index in [-0.39, 0.29) is 30.5 Å². The van der Waals surface area contributed by atoms with Crippen LogP contribution in [0.4, 0.5) is 4.39 Å². The molecule has 0 radical (unpaired) electrons. The number of likely N-dealkylation sites (tertiary alicyclic amines) is 1. The molecule has 0 bridgehead atoms. The molecular formula is C22H29FN4O3. The second-order valence-electron chi connectivity index (χ2n) is 7.97. The van der Waals surface area contributed by atoms with Crippen molar-refractivity contribution in [3.63, 3.8) is 0 Å². The van der Waals surface area contributed by atoms with Crippen molar-refractivity contribution in [2.24, 2.45) is 0 Å². The van der Waals surface area contributed by atoms with Crippen molar-refractivity contribution >= 4 is 5.91 Å². The van der Waals surface area contributed by atoms with Gasteiger partial charge in [-0.05, 0) is 50.1 Å². The molecule has 1 amide bonds. The van der Waals surface area contributed by atoms with Crippen LogP contribution < -0.4 is 4.74 Å². The Bertz CT molecular complexity index is 791. The number of carbonyl (C=O) groups excluding carboxylic acids is 1. The predicted octanol–water partition coefficient (Wildman–Crippen LogP) is 2.18. The minimum absolute atomic E-state index is 0.0617. The van der Waals surface area contributed by atoms with Crippen LogP contribution in [-0.2, 0) is 16.1 Å². The first-order valence-electron chi connectivity index (χ1n) is 10.6. The van der Waals surface area contributed by atoms with E-state index in [0.717, 1.165) is 45.4 Å². The number of halogens is 1. The molecule has 2 aliphatic rings. The molecule has 0 saturated carbocycles. The van der Waals surface area contributed by atoms with E-state index in [9.17, 15) is 9.18 Å². The summed E-state index contributed by atoms with van der Waals surface area (Å²) in [6.07, 6.45) is 8.56. The zero-order valence-electron chi connectivity index (χ0n) is 17.2. The standard InChI is InChI=1S/C22H29FN4O3/c23-18-2-4-20(5-3-18)29-15-21-14-27(22(28)16-30-21)19-6-11-25(12-7-19)9-1-10-26-13-8-24-17-26/h2-5,8,13,17,19,21H,1,6-7,9-12,14-16H2/t21-/m0/s1. The molecule has 1 atom stereocenters. The number of hydrogen-bond donors (Lipinski definition) is 0. The van der Waals surface area contributed by atoms with E-state index in [4.69, 9.17) is 9.47 Å². The van der Waals surface area contributed by atoms with Crippen molar-refractivity contribution in [1.29, 1.82) is 0 Å². The van der Waals surface area contributed by atoms with E-state index in [1.807, 2.05) is 23.6 Å². The summed E-state index contributed by atoms with van der Waals surface area (Å²) in [5.41, 5.74) is 0. The molecule has 3 heterocycles. The van der Waals surface area contributed by atoms with Crippen molar-refractivity contribution in [3.05, 3.63) is 48.8 Å². The molecule has 162 valence electrons. The van der Waals surface area contributed by atoms with Crippen LogP contribution in [-0.4, -0.2) is 76.8 Å². The van der Waals surface area contributed by atoms with Crippen LogP contribution in [0.25, 0.3) is 0 Å². The largest absolute Gasteiger partial charge is 0.491 e. The van der Waals surface area contributed by atoms with Crippen molar-refractivity contribution in [1.82, 2.24) is 19.4 Å². The molecule has 1 aromatic heterocycles. The first kappa shape index (κ1) is 20.8. The number of hydrogen-bond acceptors (Lipinski definition) is 5. The van der Waals surface area contributed by atoms with Crippen molar-refractivity contribution in [3.8, 4) is 5.75 Å². The Labute approximate surface area is 176 Å². The van der Waals surface area contributed by atoms with Crippen LogP contribution in [0.15, 0.2) is 43.0 Å².